The SMILES string of the molecule is CN=C(NCCS(=O)(=O)c1ccccc1)N1CCN(Cc2ccon2)CC1. The van der Waals surface area contributed by atoms with Crippen molar-refractivity contribution < 1.29 is 12.9 Å². The lowest BCUT2D eigenvalue weighted by atomic mass is 10.3. The van der Waals surface area contributed by atoms with Gasteiger partial charge in [0.05, 0.1) is 16.3 Å². The zero-order valence-electron chi connectivity index (χ0n) is 15.4. The van der Waals surface area contributed by atoms with Crippen molar-refractivity contribution >= 4 is 15.8 Å². The van der Waals surface area contributed by atoms with Crippen LogP contribution in [0.1, 0.15) is 5.69 Å². The molecular formula is C18H25N5O3S. The summed E-state index contributed by atoms with van der Waals surface area (Å²) in [6.45, 7) is 4.51. The van der Waals surface area contributed by atoms with Crippen molar-refractivity contribution in [2.45, 2.75) is 11.4 Å². The summed E-state index contributed by atoms with van der Waals surface area (Å²) in [4.78, 5) is 9.10. The lowest BCUT2D eigenvalue weighted by molar-refractivity contribution is 0.169. The molecule has 146 valence electrons. The summed E-state index contributed by atoms with van der Waals surface area (Å²) in [6, 6.07) is 10.4. The molecule has 0 amide bonds. The number of hydrogen-bond acceptors (Lipinski definition) is 6. The molecule has 27 heavy (non-hydrogen) atoms. The Bertz CT molecular complexity index is 829. The fourth-order valence-corrected chi connectivity index (χ4v) is 4.22. The van der Waals surface area contributed by atoms with E-state index in [0.717, 1.165) is 44.4 Å². The minimum atomic E-state index is -3.29. The number of benzene rings is 1. The van der Waals surface area contributed by atoms with Gasteiger partial charge in [0.15, 0.2) is 15.8 Å². The quantitative estimate of drug-likeness (QED) is 0.576. The van der Waals surface area contributed by atoms with Gasteiger partial charge in [0.1, 0.15) is 6.26 Å². The maximum Gasteiger partial charge on any atom is 0.193 e. The molecule has 0 atom stereocenters. The van der Waals surface area contributed by atoms with Gasteiger partial charge in [0.2, 0.25) is 0 Å². The van der Waals surface area contributed by atoms with Gasteiger partial charge in [-0.1, -0.05) is 23.4 Å². The molecule has 2 aromatic rings. The summed E-state index contributed by atoms with van der Waals surface area (Å²) in [7, 11) is -1.57. The number of piperazine rings is 1. The normalized spacial score (nSPS) is 16.5. The van der Waals surface area contributed by atoms with Gasteiger partial charge in [0.25, 0.3) is 0 Å². The highest BCUT2D eigenvalue weighted by Gasteiger charge is 2.21. The topological polar surface area (TPSA) is 91.0 Å². The van der Waals surface area contributed by atoms with E-state index in [9.17, 15) is 8.42 Å². The molecule has 0 unspecified atom stereocenters. The molecule has 9 heteroatoms. The molecule has 0 aliphatic carbocycles. The average molecular weight is 391 g/mol. The summed E-state index contributed by atoms with van der Waals surface area (Å²) in [5.74, 6) is 0.765. The Labute approximate surface area is 159 Å². The van der Waals surface area contributed by atoms with E-state index in [1.807, 2.05) is 6.07 Å². The van der Waals surface area contributed by atoms with Crippen LogP contribution in [0.5, 0.6) is 0 Å². The number of sulfone groups is 1. The molecule has 3 rings (SSSR count). The van der Waals surface area contributed by atoms with Crippen LogP contribution in [0.4, 0.5) is 0 Å². The molecule has 1 aliphatic heterocycles. The highest BCUT2D eigenvalue weighted by molar-refractivity contribution is 7.91. The first-order valence-corrected chi connectivity index (χ1v) is 10.6. The third kappa shape index (κ3) is 5.30. The Morgan fingerprint density at radius 1 is 1.19 bits per heavy atom. The molecule has 2 heterocycles. The number of nitrogens with one attached hydrogen (secondary N) is 1. The first-order valence-electron chi connectivity index (χ1n) is 8.93. The Balaban J connectivity index is 1.46. The van der Waals surface area contributed by atoms with Crippen LogP contribution in [0.15, 0.2) is 57.1 Å². The lowest BCUT2D eigenvalue weighted by Gasteiger charge is -2.36. The van der Waals surface area contributed by atoms with E-state index in [1.165, 1.54) is 0 Å². The highest BCUT2D eigenvalue weighted by atomic mass is 32.2. The van der Waals surface area contributed by atoms with Crippen LogP contribution in [0.2, 0.25) is 0 Å². The number of aliphatic imine (C=N–C) groups is 1. The molecule has 8 nitrogen and oxygen atoms in total. The first kappa shape index (κ1) is 19.4. The fourth-order valence-electron chi connectivity index (χ4n) is 3.04. The van der Waals surface area contributed by atoms with Gasteiger partial charge < -0.3 is 14.7 Å². The van der Waals surface area contributed by atoms with Crippen molar-refractivity contribution in [3.63, 3.8) is 0 Å². The van der Waals surface area contributed by atoms with Crippen molar-refractivity contribution in [2.75, 3.05) is 45.5 Å². The van der Waals surface area contributed by atoms with Gasteiger partial charge in [0, 0.05) is 52.4 Å². The zero-order chi connectivity index (χ0) is 19.1. The van der Waals surface area contributed by atoms with Gasteiger partial charge >= 0.3 is 0 Å². The van der Waals surface area contributed by atoms with Crippen LogP contribution in [-0.2, 0) is 16.4 Å². The van der Waals surface area contributed by atoms with E-state index in [1.54, 1.807) is 43.6 Å². The van der Waals surface area contributed by atoms with Crippen molar-refractivity contribution in [3.05, 3.63) is 48.4 Å². The monoisotopic (exact) mass is 391 g/mol. The minimum Gasteiger partial charge on any atom is -0.364 e. The Kier molecular flexibility index (Phi) is 6.46. The summed E-state index contributed by atoms with van der Waals surface area (Å²) in [5.41, 5.74) is 0.928. The van der Waals surface area contributed by atoms with Gasteiger partial charge in [-0.3, -0.25) is 9.89 Å². The molecule has 1 aromatic carbocycles. The van der Waals surface area contributed by atoms with E-state index in [-0.39, 0.29) is 5.75 Å². The predicted molar refractivity (Wildman–Crippen MR) is 103 cm³/mol. The van der Waals surface area contributed by atoms with Crippen LogP contribution in [-0.4, -0.2) is 74.9 Å². The van der Waals surface area contributed by atoms with E-state index in [0.29, 0.717) is 11.4 Å². The van der Waals surface area contributed by atoms with Crippen LogP contribution in [0.25, 0.3) is 0 Å². The third-order valence-corrected chi connectivity index (χ3v) is 6.25. The molecule has 1 N–H and O–H groups in total. The Morgan fingerprint density at radius 3 is 2.56 bits per heavy atom. The fraction of sp³-hybridized carbons (Fsp3) is 0.444. The van der Waals surface area contributed by atoms with Gasteiger partial charge in [-0.25, -0.2) is 8.42 Å². The molecule has 1 fully saturated rings. The van der Waals surface area contributed by atoms with Crippen molar-refractivity contribution in [2.24, 2.45) is 4.99 Å². The smallest absolute Gasteiger partial charge is 0.193 e. The van der Waals surface area contributed by atoms with Gasteiger partial charge in [-0.05, 0) is 12.1 Å². The van der Waals surface area contributed by atoms with Crippen molar-refractivity contribution in [1.82, 2.24) is 20.3 Å². The zero-order valence-corrected chi connectivity index (χ0v) is 16.2. The van der Waals surface area contributed by atoms with E-state index >= 15 is 0 Å². The largest absolute Gasteiger partial charge is 0.364 e. The molecule has 0 radical (unpaired) electrons. The second-order valence-electron chi connectivity index (χ2n) is 6.36. The number of nitrogens with zero attached hydrogens (tertiary/aromatic N) is 4. The van der Waals surface area contributed by atoms with E-state index < -0.39 is 9.84 Å². The maximum atomic E-state index is 12.4. The summed E-state index contributed by atoms with van der Waals surface area (Å²) < 4.78 is 29.6. The molecular weight excluding hydrogens is 366 g/mol. The van der Waals surface area contributed by atoms with Crippen LogP contribution in [0.3, 0.4) is 0 Å². The number of guanidine groups is 1. The van der Waals surface area contributed by atoms with Gasteiger partial charge in [-0.2, -0.15) is 0 Å². The first-order chi connectivity index (χ1) is 13.1. The van der Waals surface area contributed by atoms with Crippen LogP contribution < -0.4 is 5.32 Å². The molecule has 0 bridgehead atoms. The molecule has 1 aliphatic rings. The molecule has 1 saturated heterocycles. The number of rotatable bonds is 6. The van der Waals surface area contributed by atoms with E-state index in [4.69, 9.17) is 4.52 Å². The second-order valence-corrected chi connectivity index (χ2v) is 8.47. The Hall–Kier alpha value is -2.39. The second kappa shape index (κ2) is 9.01. The molecule has 0 spiro atoms. The number of hydrogen-bond donors (Lipinski definition) is 1. The standard InChI is InChI=1S/C18H25N5O3S/c1-19-18(20-8-14-27(24,25)17-5-3-2-4-6-17)23-11-9-22(10-12-23)15-16-7-13-26-21-16/h2-7,13H,8-12,14-15H2,1H3,(H,19,20). The highest BCUT2D eigenvalue weighted by Crippen LogP contribution is 2.10. The number of aromatic nitrogens is 1. The van der Waals surface area contributed by atoms with Crippen molar-refractivity contribution in [1.29, 1.82) is 0 Å². The van der Waals surface area contributed by atoms with Crippen LogP contribution >= 0.6 is 0 Å². The van der Waals surface area contributed by atoms with Gasteiger partial charge in [-0.15, -0.1) is 0 Å². The summed E-state index contributed by atoms with van der Waals surface area (Å²) >= 11 is 0. The predicted octanol–water partition coefficient (Wildman–Crippen LogP) is 0.841. The Morgan fingerprint density at radius 2 is 1.93 bits per heavy atom. The lowest BCUT2D eigenvalue weighted by Crippen LogP contribution is -2.52. The van der Waals surface area contributed by atoms with Crippen molar-refractivity contribution in [3.8, 4) is 0 Å². The summed E-state index contributed by atoms with van der Waals surface area (Å²) in [5, 5.41) is 7.12. The minimum absolute atomic E-state index is 0.0299. The van der Waals surface area contributed by atoms with Crippen LogP contribution in [0, 0.1) is 0 Å². The molecule has 0 saturated carbocycles. The summed E-state index contributed by atoms with van der Waals surface area (Å²) in [6.07, 6.45) is 1.58. The average Bonchev–Trinajstić information content (AvgIpc) is 3.20. The molecule has 1 aromatic heterocycles. The third-order valence-electron chi connectivity index (χ3n) is 4.52. The van der Waals surface area contributed by atoms with E-state index in [2.05, 4.69) is 25.3 Å². The maximum absolute atomic E-state index is 12.4.